The fourth-order valence-electron chi connectivity index (χ4n) is 3.76. The quantitative estimate of drug-likeness (QED) is 0.790. The van der Waals surface area contributed by atoms with Gasteiger partial charge in [-0.15, -0.1) is 5.10 Å². The van der Waals surface area contributed by atoms with Gasteiger partial charge in [0.05, 0.1) is 11.6 Å². The van der Waals surface area contributed by atoms with E-state index in [9.17, 15) is 4.79 Å². The molecular weight excluding hydrogens is 316 g/mol. The summed E-state index contributed by atoms with van der Waals surface area (Å²) in [5.41, 5.74) is 4.90. The molecule has 0 aliphatic carbocycles. The molecular formula is C19H24N4O2. The fraction of sp³-hybridized carbons (Fsp3) is 0.474. The molecule has 1 atom stereocenters. The molecule has 1 aliphatic rings. The van der Waals surface area contributed by atoms with Gasteiger partial charge in [0.15, 0.2) is 5.65 Å². The standard InChI is InChI=1S/C19H24N4O2/c1-12-7-13(2)16-9-14(10-20-11-15-5-4-6-25-15)18-21-22(3)19(24)23(18)17(16)8-12/h7-9,15,20H,4-6,10-11H2,1-3H3/t15-/m0/s1. The Balaban J connectivity index is 1.79. The summed E-state index contributed by atoms with van der Waals surface area (Å²) in [6.07, 6.45) is 2.55. The zero-order valence-electron chi connectivity index (χ0n) is 15.0. The van der Waals surface area contributed by atoms with E-state index in [1.54, 1.807) is 11.4 Å². The zero-order valence-corrected chi connectivity index (χ0v) is 15.0. The van der Waals surface area contributed by atoms with Gasteiger partial charge in [0.2, 0.25) is 0 Å². The molecule has 6 nitrogen and oxygen atoms in total. The van der Waals surface area contributed by atoms with Crippen LogP contribution in [0, 0.1) is 13.8 Å². The van der Waals surface area contributed by atoms with E-state index >= 15 is 0 Å². The molecule has 1 fully saturated rings. The second-order valence-electron chi connectivity index (χ2n) is 7.02. The van der Waals surface area contributed by atoms with Crippen LogP contribution >= 0.6 is 0 Å². The third-order valence-electron chi connectivity index (χ3n) is 4.99. The Morgan fingerprint density at radius 1 is 1.32 bits per heavy atom. The molecule has 3 heterocycles. The lowest BCUT2D eigenvalue weighted by Crippen LogP contribution is -2.26. The van der Waals surface area contributed by atoms with Crippen molar-refractivity contribution in [2.24, 2.45) is 7.05 Å². The Morgan fingerprint density at radius 3 is 2.92 bits per heavy atom. The van der Waals surface area contributed by atoms with Crippen molar-refractivity contribution >= 4 is 16.6 Å². The van der Waals surface area contributed by atoms with Crippen LogP contribution in [0.25, 0.3) is 16.6 Å². The molecule has 3 aromatic rings. The van der Waals surface area contributed by atoms with Crippen molar-refractivity contribution in [3.8, 4) is 0 Å². The number of aromatic nitrogens is 3. The first kappa shape index (κ1) is 16.3. The summed E-state index contributed by atoms with van der Waals surface area (Å²) < 4.78 is 8.81. The number of rotatable bonds is 4. The van der Waals surface area contributed by atoms with Gasteiger partial charge in [-0.05, 0) is 49.9 Å². The number of fused-ring (bicyclic) bond motifs is 3. The monoisotopic (exact) mass is 340 g/mol. The third kappa shape index (κ3) is 2.85. The van der Waals surface area contributed by atoms with Gasteiger partial charge in [0, 0.05) is 37.7 Å². The SMILES string of the molecule is Cc1cc(C)c2cc(CNC[C@@H]3CCCO3)c3nn(C)c(=O)n3c2c1. The highest BCUT2D eigenvalue weighted by Crippen LogP contribution is 2.24. The molecule has 0 radical (unpaired) electrons. The highest BCUT2D eigenvalue weighted by molar-refractivity contribution is 5.87. The number of nitrogens with zero attached hydrogens (tertiary/aromatic N) is 3. The maximum Gasteiger partial charge on any atom is 0.350 e. The Morgan fingerprint density at radius 2 is 2.16 bits per heavy atom. The van der Waals surface area contributed by atoms with Crippen molar-refractivity contribution in [2.45, 2.75) is 39.3 Å². The average molecular weight is 340 g/mol. The summed E-state index contributed by atoms with van der Waals surface area (Å²) in [7, 11) is 1.70. The molecule has 2 aromatic heterocycles. The summed E-state index contributed by atoms with van der Waals surface area (Å²) in [5.74, 6) is 0. The van der Waals surface area contributed by atoms with Gasteiger partial charge in [0.25, 0.3) is 0 Å². The number of benzene rings is 1. The van der Waals surface area contributed by atoms with E-state index in [2.05, 4.69) is 42.5 Å². The number of pyridine rings is 1. The van der Waals surface area contributed by atoms with Crippen LogP contribution < -0.4 is 11.0 Å². The number of hydrogen-bond acceptors (Lipinski definition) is 4. The maximum absolute atomic E-state index is 12.6. The summed E-state index contributed by atoms with van der Waals surface area (Å²) in [5, 5.41) is 9.04. The average Bonchev–Trinajstić information content (AvgIpc) is 3.17. The predicted octanol–water partition coefficient (Wildman–Crippen LogP) is 2.07. The lowest BCUT2D eigenvalue weighted by atomic mass is 10.0. The fourth-order valence-corrected chi connectivity index (χ4v) is 3.76. The van der Waals surface area contributed by atoms with Crippen molar-refractivity contribution in [1.29, 1.82) is 0 Å². The molecule has 0 bridgehead atoms. The minimum Gasteiger partial charge on any atom is -0.377 e. The van der Waals surface area contributed by atoms with Crippen molar-refractivity contribution in [2.75, 3.05) is 13.2 Å². The van der Waals surface area contributed by atoms with E-state index in [0.717, 1.165) is 53.7 Å². The van der Waals surface area contributed by atoms with Crippen LogP contribution in [0.15, 0.2) is 23.0 Å². The lowest BCUT2D eigenvalue weighted by molar-refractivity contribution is 0.110. The van der Waals surface area contributed by atoms with Crippen LogP contribution in [0.4, 0.5) is 0 Å². The third-order valence-corrected chi connectivity index (χ3v) is 4.99. The Hall–Kier alpha value is -2.18. The van der Waals surface area contributed by atoms with Crippen LogP contribution in [-0.2, 0) is 18.3 Å². The van der Waals surface area contributed by atoms with Crippen molar-refractivity contribution in [1.82, 2.24) is 19.5 Å². The first-order valence-corrected chi connectivity index (χ1v) is 8.85. The number of aryl methyl sites for hydroxylation is 3. The van der Waals surface area contributed by atoms with Gasteiger partial charge in [0.1, 0.15) is 0 Å². The van der Waals surface area contributed by atoms with E-state index in [4.69, 9.17) is 4.74 Å². The molecule has 0 unspecified atom stereocenters. The molecule has 6 heteroatoms. The second kappa shape index (κ2) is 6.28. The van der Waals surface area contributed by atoms with E-state index < -0.39 is 0 Å². The summed E-state index contributed by atoms with van der Waals surface area (Å²) in [6, 6.07) is 6.37. The van der Waals surface area contributed by atoms with E-state index in [-0.39, 0.29) is 5.69 Å². The predicted molar refractivity (Wildman–Crippen MR) is 98.1 cm³/mol. The minimum absolute atomic E-state index is 0.106. The number of hydrogen-bond donors (Lipinski definition) is 1. The first-order valence-electron chi connectivity index (χ1n) is 8.85. The zero-order chi connectivity index (χ0) is 17.6. The van der Waals surface area contributed by atoms with E-state index in [0.29, 0.717) is 12.6 Å². The Bertz CT molecular complexity index is 996. The number of ether oxygens (including phenoxy) is 1. The highest BCUT2D eigenvalue weighted by Gasteiger charge is 2.17. The first-order chi connectivity index (χ1) is 12.0. The van der Waals surface area contributed by atoms with Crippen molar-refractivity contribution < 1.29 is 4.74 Å². The van der Waals surface area contributed by atoms with E-state index in [1.807, 2.05) is 0 Å². The summed E-state index contributed by atoms with van der Waals surface area (Å²) >= 11 is 0. The van der Waals surface area contributed by atoms with Crippen LogP contribution in [-0.4, -0.2) is 33.4 Å². The minimum atomic E-state index is -0.106. The molecule has 132 valence electrons. The van der Waals surface area contributed by atoms with Crippen LogP contribution in [0.5, 0.6) is 0 Å². The van der Waals surface area contributed by atoms with Gasteiger partial charge in [-0.3, -0.25) is 0 Å². The largest absolute Gasteiger partial charge is 0.377 e. The maximum atomic E-state index is 12.6. The van der Waals surface area contributed by atoms with Crippen molar-refractivity contribution in [3.63, 3.8) is 0 Å². The molecule has 0 saturated carbocycles. The van der Waals surface area contributed by atoms with Gasteiger partial charge >= 0.3 is 5.69 Å². The van der Waals surface area contributed by atoms with Crippen LogP contribution in [0.3, 0.4) is 0 Å². The molecule has 4 rings (SSSR count). The lowest BCUT2D eigenvalue weighted by Gasteiger charge is -2.13. The smallest absolute Gasteiger partial charge is 0.350 e. The molecule has 1 aromatic carbocycles. The Labute approximate surface area is 146 Å². The molecule has 1 aliphatic heterocycles. The van der Waals surface area contributed by atoms with Gasteiger partial charge in [-0.1, -0.05) is 6.07 Å². The van der Waals surface area contributed by atoms with Crippen molar-refractivity contribution in [3.05, 3.63) is 45.4 Å². The Kier molecular flexibility index (Phi) is 4.09. The molecule has 0 spiro atoms. The molecule has 1 N–H and O–H groups in total. The molecule has 1 saturated heterocycles. The van der Waals surface area contributed by atoms with Gasteiger partial charge < -0.3 is 10.1 Å². The second-order valence-corrected chi connectivity index (χ2v) is 7.02. The van der Waals surface area contributed by atoms with Crippen LogP contribution in [0.2, 0.25) is 0 Å². The molecule has 0 amide bonds. The molecule has 25 heavy (non-hydrogen) atoms. The highest BCUT2D eigenvalue weighted by atomic mass is 16.5. The van der Waals surface area contributed by atoms with Gasteiger partial charge in [-0.2, -0.15) is 0 Å². The normalized spacial score (nSPS) is 17.8. The number of nitrogens with one attached hydrogen (secondary N) is 1. The van der Waals surface area contributed by atoms with Crippen LogP contribution in [0.1, 0.15) is 29.5 Å². The van der Waals surface area contributed by atoms with E-state index in [1.165, 1.54) is 10.2 Å². The van der Waals surface area contributed by atoms with Gasteiger partial charge in [-0.25, -0.2) is 13.9 Å². The summed E-state index contributed by atoms with van der Waals surface area (Å²) in [6.45, 7) is 6.50. The topological polar surface area (TPSA) is 60.6 Å². The summed E-state index contributed by atoms with van der Waals surface area (Å²) in [4.78, 5) is 12.6.